The maximum Gasteiger partial charge on any atom is 0.383 e. The third-order valence-corrected chi connectivity index (χ3v) is 3.48. The average molecular weight is 354 g/mol. The van der Waals surface area contributed by atoms with Crippen molar-refractivity contribution >= 4 is 22.9 Å². The summed E-state index contributed by atoms with van der Waals surface area (Å²) in [5.41, 5.74) is -0.620. The van der Waals surface area contributed by atoms with E-state index < -0.39 is 23.3 Å². The number of methoxy groups -OCH3 is 1. The molecule has 0 saturated carbocycles. The van der Waals surface area contributed by atoms with E-state index >= 15 is 0 Å². The lowest BCUT2D eigenvalue weighted by molar-refractivity contribution is -0.132. The molecule has 0 aliphatic rings. The van der Waals surface area contributed by atoms with Crippen molar-refractivity contribution < 1.29 is 28.2 Å². The van der Waals surface area contributed by atoms with Crippen molar-refractivity contribution in [2.45, 2.75) is 6.92 Å². The molecule has 3 aromatic rings. The Morgan fingerprint density at radius 2 is 1.65 bits per heavy atom. The molecule has 0 aliphatic heterocycles. The van der Waals surface area contributed by atoms with Gasteiger partial charge in [0.2, 0.25) is 0 Å². The van der Waals surface area contributed by atoms with Crippen LogP contribution in [-0.2, 0) is 4.79 Å². The van der Waals surface area contributed by atoms with Gasteiger partial charge in [-0.05, 0) is 24.3 Å². The first-order valence-electron chi connectivity index (χ1n) is 7.60. The van der Waals surface area contributed by atoms with Crippen LogP contribution in [0.2, 0.25) is 0 Å². The van der Waals surface area contributed by atoms with E-state index in [4.69, 9.17) is 18.6 Å². The minimum Gasteiger partial charge on any atom is -0.493 e. The van der Waals surface area contributed by atoms with Crippen LogP contribution >= 0.6 is 0 Å². The van der Waals surface area contributed by atoms with Crippen LogP contribution in [0.5, 0.6) is 17.2 Å². The molecule has 2 aromatic carbocycles. The molecule has 1 heterocycles. The van der Waals surface area contributed by atoms with Crippen LogP contribution < -0.4 is 19.8 Å². The number of benzene rings is 2. The Morgan fingerprint density at radius 3 is 2.31 bits per heavy atom. The van der Waals surface area contributed by atoms with Crippen molar-refractivity contribution in [3.05, 3.63) is 64.5 Å². The number of fused-ring (bicyclic) bond motifs is 1. The zero-order chi connectivity index (χ0) is 18.7. The molecule has 0 unspecified atom stereocenters. The summed E-state index contributed by atoms with van der Waals surface area (Å²) in [6.45, 7) is 1.12. The number of hydrogen-bond donors (Lipinski definition) is 0. The third-order valence-electron chi connectivity index (χ3n) is 3.48. The molecule has 26 heavy (non-hydrogen) atoms. The van der Waals surface area contributed by atoms with Gasteiger partial charge in [-0.2, -0.15) is 0 Å². The van der Waals surface area contributed by atoms with Crippen molar-refractivity contribution in [3.8, 4) is 17.2 Å². The molecule has 0 bridgehead atoms. The molecule has 0 spiro atoms. The van der Waals surface area contributed by atoms with E-state index in [0.717, 1.165) is 6.92 Å². The fraction of sp³-hybridized carbons (Fsp3) is 0.105. The van der Waals surface area contributed by atoms with Crippen LogP contribution in [0.3, 0.4) is 0 Å². The van der Waals surface area contributed by atoms with Gasteiger partial charge in [-0.1, -0.05) is 24.3 Å². The Morgan fingerprint density at radius 1 is 0.923 bits per heavy atom. The molecule has 7 heteroatoms. The number of para-hydroxylation sites is 1. The van der Waals surface area contributed by atoms with Gasteiger partial charge in [0.05, 0.1) is 18.1 Å². The SMILES string of the molecule is COc1cccc2c(OC(=O)c3ccccc3)c(OC(C)=O)c(=O)oc12. The molecule has 0 aliphatic carbocycles. The molecule has 0 saturated heterocycles. The highest BCUT2D eigenvalue weighted by Crippen LogP contribution is 2.37. The Kier molecular flexibility index (Phi) is 4.70. The first kappa shape index (κ1) is 17.2. The number of carbonyl (C=O) groups excluding carboxylic acids is 2. The summed E-state index contributed by atoms with van der Waals surface area (Å²) in [4.78, 5) is 36.1. The molecule has 0 fully saturated rings. The lowest BCUT2D eigenvalue weighted by Crippen LogP contribution is -2.16. The smallest absolute Gasteiger partial charge is 0.383 e. The van der Waals surface area contributed by atoms with E-state index in [0.29, 0.717) is 0 Å². The molecule has 0 atom stereocenters. The monoisotopic (exact) mass is 354 g/mol. The zero-order valence-electron chi connectivity index (χ0n) is 14.0. The molecule has 0 radical (unpaired) electrons. The van der Waals surface area contributed by atoms with Gasteiger partial charge in [0.25, 0.3) is 5.75 Å². The maximum absolute atomic E-state index is 12.4. The number of hydrogen-bond acceptors (Lipinski definition) is 7. The van der Waals surface area contributed by atoms with Crippen LogP contribution in [-0.4, -0.2) is 19.0 Å². The molecule has 132 valence electrons. The first-order chi connectivity index (χ1) is 12.5. The van der Waals surface area contributed by atoms with Gasteiger partial charge in [0, 0.05) is 6.92 Å². The Labute approximate surface area is 147 Å². The standard InChI is InChI=1S/C19H14O7/c1-11(20)24-17-16(26-18(21)12-7-4-3-5-8-12)13-9-6-10-14(23-2)15(13)25-19(17)22/h3-10H,1-2H3. The summed E-state index contributed by atoms with van der Waals surface area (Å²) < 4.78 is 20.7. The summed E-state index contributed by atoms with van der Waals surface area (Å²) >= 11 is 0. The second-order valence-electron chi connectivity index (χ2n) is 5.23. The fourth-order valence-corrected chi connectivity index (χ4v) is 2.37. The molecule has 3 rings (SSSR count). The Bertz CT molecular complexity index is 1030. The first-order valence-corrected chi connectivity index (χ1v) is 7.60. The lowest BCUT2D eigenvalue weighted by atomic mass is 10.2. The topological polar surface area (TPSA) is 92.0 Å². The molecule has 7 nitrogen and oxygen atoms in total. The number of rotatable bonds is 4. The number of esters is 2. The minimum atomic E-state index is -0.965. The van der Waals surface area contributed by atoms with Crippen LogP contribution in [0.15, 0.2) is 57.7 Å². The highest BCUT2D eigenvalue weighted by atomic mass is 16.6. The summed E-state index contributed by atoms with van der Waals surface area (Å²) in [7, 11) is 1.41. The molecular formula is C19H14O7. The molecule has 0 amide bonds. The lowest BCUT2D eigenvalue weighted by Gasteiger charge is -2.12. The summed E-state index contributed by atoms with van der Waals surface area (Å²) in [5, 5.41) is 0.254. The highest BCUT2D eigenvalue weighted by molar-refractivity contribution is 5.96. The second-order valence-corrected chi connectivity index (χ2v) is 5.23. The van der Waals surface area contributed by atoms with Crippen molar-refractivity contribution in [3.63, 3.8) is 0 Å². The predicted molar refractivity (Wildman–Crippen MR) is 91.7 cm³/mol. The third kappa shape index (κ3) is 3.27. The number of ether oxygens (including phenoxy) is 3. The molecule has 1 aromatic heterocycles. The quantitative estimate of drug-likeness (QED) is 0.525. The molecule has 0 N–H and O–H groups in total. The summed E-state index contributed by atoms with van der Waals surface area (Å²) in [6.07, 6.45) is 0. The van der Waals surface area contributed by atoms with E-state index in [-0.39, 0.29) is 28.0 Å². The predicted octanol–water partition coefficient (Wildman–Crippen LogP) is 2.95. The van der Waals surface area contributed by atoms with Crippen LogP contribution in [0.4, 0.5) is 0 Å². The van der Waals surface area contributed by atoms with Crippen molar-refractivity contribution in [2.24, 2.45) is 0 Å². The minimum absolute atomic E-state index is 0.0757. The second kappa shape index (κ2) is 7.10. The zero-order valence-corrected chi connectivity index (χ0v) is 14.0. The maximum atomic E-state index is 12.4. The molecular weight excluding hydrogens is 340 g/mol. The normalized spacial score (nSPS) is 10.4. The van der Waals surface area contributed by atoms with Crippen molar-refractivity contribution in [2.75, 3.05) is 7.11 Å². The van der Waals surface area contributed by atoms with Gasteiger partial charge in [-0.15, -0.1) is 0 Å². The van der Waals surface area contributed by atoms with Crippen molar-refractivity contribution in [1.82, 2.24) is 0 Å². The Balaban J connectivity index is 2.21. The van der Waals surface area contributed by atoms with E-state index in [1.165, 1.54) is 7.11 Å². The van der Waals surface area contributed by atoms with Crippen LogP contribution in [0.1, 0.15) is 17.3 Å². The van der Waals surface area contributed by atoms with E-state index in [9.17, 15) is 14.4 Å². The van der Waals surface area contributed by atoms with Gasteiger partial charge >= 0.3 is 17.6 Å². The van der Waals surface area contributed by atoms with Crippen LogP contribution in [0, 0.1) is 0 Å². The van der Waals surface area contributed by atoms with Gasteiger partial charge in [0.15, 0.2) is 17.1 Å². The summed E-state index contributed by atoms with van der Waals surface area (Å²) in [6, 6.07) is 13.0. The van der Waals surface area contributed by atoms with E-state index in [1.54, 1.807) is 48.5 Å². The van der Waals surface area contributed by atoms with Crippen LogP contribution in [0.25, 0.3) is 11.0 Å². The van der Waals surface area contributed by atoms with E-state index in [1.807, 2.05) is 0 Å². The fourth-order valence-electron chi connectivity index (χ4n) is 2.37. The van der Waals surface area contributed by atoms with Gasteiger partial charge in [0.1, 0.15) is 0 Å². The van der Waals surface area contributed by atoms with E-state index in [2.05, 4.69) is 0 Å². The van der Waals surface area contributed by atoms with Gasteiger partial charge in [-0.3, -0.25) is 4.79 Å². The number of carbonyl (C=O) groups is 2. The average Bonchev–Trinajstić information content (AvgIpc) is 2.64. The highest BCUT2D eigenvalue weighted by Gasteiger charge is 2.24. The Hall–Kier alpha value is -3.61. The van der Waals surface area contributed by atoms with Crippen molar-refractivity contribution in [1.29, 1.82) is 0 Å². The summed E-state index contributed by atoms with van der Waals surface area (Å²) in [5.74, 6) is -1.90. The van der Waals surface area contributed by atoms with Gasteiger partial charge < -0.3 is 18.6 Å². The van der Waals surface area contributed by atoms with Gasteiger partial charge in [-0.25, -0.2) is 9.59 Å². The largest absolute Gasteiger partial charge is 0.493 e.